The lowest BCUT2D eigenvalue weighted by Crippen LogP contribution is -2.15. The molecule has 2 nitrogen and oxygen atoms in total. The van der Waals surface area contributed by atoms with Crippen molar-refractivity contribution in [3.05, 3.63) is 95.6 Å². The average molecular weight is 369 g/mol. The number of nitrogens with one attached hydrogen (secondary N) is 1. The third kappa shape index (κ3) is 4.93. The standard InChI is InChI=1S/C25H28BNO/c1-3-24(19-7-5-4-6-8-19)25(20-9-13-22(26)14-10-20)21-11-15-23(16-12-21)28-18-17-27-2/h4-16,27H,3,17-18,26H2,1-2H3. The normalized spacial score (nSPS) is 11.8. The van der Waals surface area contributed by atoms with Gasteiger partial charge in [-0.05, 0) is 53.4 Å². The van der Waals surface area contributed by atoms with Gasteiger partial charge < -0.3 is 10.1 Å². The molecule has 0 saturated carbocycles. The van der Waals surface area contributed by atoms with Gasteiger partial charge in [-0.25, -0.2) is 0 Å². The number of hydrogen-bond acceptors (Lipinski definition) is 2. The molecule has 0 atom stereocenters. The van der Waals surface area contributed by atoms with E-state index in [1.54, 1.807) is 0 Å². The van der Waals surface area contributed by atoms with E-state index in [-0.39, 0.29) is 0 Å². The molecule has 0 aliphatic rings. The molecule has 0 fully saturated rings. The van der Waals surface area contributed by atoms with E-state index in [9.17, 15) is 0 Å². The van der Waals surface area contributed by atoms with E-state index in [0.29, 0.717) is 6.61 Å². The Labute approximate surface area is 169 Å². The molecule has 0 aliphatic carbocycles. The van der Waals surface area contributed by atoms with E-state index in [4.69, 9.17) is 4.74 Å². The Balaban J connectivity index is 2.06. The van der Waals surface area contributed by atoms with Gasteiger partial charge in [-0.1, -0.05) is 79.1 Å². The maximum absolute atomic E-state index is 5.80. The molecule has 0 aromatic heterocycles. The summed E-state index contributed by atoms with van der Waals surface area (Å²) in [5, 5.41) is 3.10. The van der Waals surface area contributed by atoms with Crippen molar-refractivity contribution in [3.8, 4) is 5.75 Å². The van der Waals surface area contributed by atoms with E-state index < -0.39 is 0 Å². The largest absolute Gasteiger partial charge is 0.492 e. The fourth-order valence-electron chi connectivity index (χ4n) is 3.39. The number of ether oxygens (including phenoxy) is 1. The Bertz CT molecular complexity index is 900. The highest BCUT2D eigenvalue weighted by Gasteiger charge is 2.13. The Morgan fingerprint density at radius 1 is 0.821 bits per heavy atom. The summed E-state index contributed by atoms with van der Waals surface area (Å²) in [6, 6.07) is 28.0. The summed E-state index contributed by atoms with van der Waals surface area (Å²) in [4.78, 5) is 0. The second-order valence-electron chi connectivity index (χ2n) is 6.92. The highest BCUT2D eigenvalue weighted by molar-refractivity contribution is 6.32. The smallest absolute Gasteiger partial charge is 0.139 e. The van der Waals surface area contributed by atoms with Gasteiger partial charge >= 0.3 is 0 Å². The molecule has 3 aromatic carbocycles. The number of rotatable bonds is 8. The van der Waals surface area contributed by atoms with Gasteiger partial charge in [0.05, 0.1) is 0 Å². The zero-order chi connectivity index (χ0) is 19.8. The summed E-state index contributed by atoms with van der Waals surface area (Å²) in [6.45, 7) is 3.73. The maximum Gasteiger partial charge on any atom is 0.139 e. The van der Waals surface area contributed by atoms with E-state index >= 15 is 0 Å². The van der Waals surface area contributed by atoms with Crippen LogP contribution in [0.5, 0.6) is 5.75 Å². The molecular weight excluding hydrogens is 341 g/mol. The molecule has 28 heavy (non-hydrogen) atoms. The van der Waals surface area contributed by atoms with Crippen LogP contribution in [0.15, 0.2) is 78.9 Å². The van der Waals surface area contributed by atoms with Crippen LogP contribution in [0.2, 0.25) is 0 Å². The second kappa shape index (κ2) is 9.96. The molecule has 0 saturated heterocycles. The molecule has 0 radical (unpaired) electrons. The number of likely N-dealkylation sites (N-methyl/N-ethyl adjacent to an activating group) is 1. The minimum atomic E-state index is 0.667. The van der Waals surface area contributed by atoms with E-state index in [1.165, 1.54) is 33.3 Å². The van der Waals surface area contributed by atoms with Gasteiger partial charge in [-0.3, -0.25) is 0 Å². The van der Waals surface area contributed by atoms with Gasteiger partial charge in [-0.15, -0.1) is 0 Å². The van der Waals surface area contributed by atoms with Gasteiger partial charge in [0.15, 0.2) is 0 Å². The van der Waals surface area contributed by atoms with Gasteiger partial charge in [0.1, 0.15) is 20.2 Å². The Hall–Kier alpha value is -2.78. The monoisotopic (exact) mass is 369 g/mol. The van der Waals surface area contributed by atoms with Crippen LogP contribution in [0.4, 0.5) is 0 Å². The SMILES string of the molecule is Bc1ccc(C(=C(CC)c2ccccc2)c2ccc(OCCNC)cc2)cc1. The Kier molecular flexibility index (Phi) is 7.10. The Morgan fingerprint density at radius 2 is 1.43 bits per heavy atom. The highest BCUT2D eigenvalue weighted by Crippen LogP contribution is 2.34. The summed E-state index contributed by atoms with van der Waals surface area (Å²) in [5.41, 5.74) is 7.65. The third-order valence-electron chi connectivity index (χ3n) is 4.88. The van der Waals surface area contributed by atoms with Crippen LogP contribution in [0.1, 0.15) is 30.0 Å². The molecule has 0 aliphatic heterocycles. The fraction of sp³-hybridized carbons (Fsp3) is 0.200. The zero-order valence-electron chi connectivity index (χ0n) is 17.0. The average Bonchev–Trinajstić information content (AvgIpc) is 2.74. The van der Waals surface area contributed by atoms with Crippen molar-refractivity contribution in [3.63, 3.8) is 0 Å². The molecule has 3 heteroatoms. The maximum atomic E-state index is 5.80. The minimum absolute atomic E-state index is 0.667. The first kappa shape index (κ1) is 20.0. The first-order valence-corrected chi connectivity index (χ1v) is 9.96. The summed E-state index contributed by atoms with van der Waals surface area (Å²) >= 11 is 0. The molecule has 0 bridgehead atoms. The fourth-order valence-corrected chi connectivity index (χ4v) is 3.39. The molecule has 1 N–H and O–H groups in total. The molecule has 3 aromatic rings. The molecule has 3 rings (SSSR count). The predicted molar refractivity (Wildman–Crippen MR) is 123 cm³/mol. The lowest BCUT2D eigenvalue weighted by atomic mass is 9.86. The van der Waals surface area contributed by atoms with Crippen molar-refractivity contribution < 1.29 is 4.74 Å². The van der Waals surface area contributed by atoms with Crippen molar-refractivity contribution in [2.75, 3.05) is 20.2 Å². The van der Waals surface area contributed by atoms with Crippen LogP contribution >= 0.6 is 0 Å². The van der Waals surface area contributed by atoms with Crippen molar-refractivity contribution >= 4 is 24.5 Å². The Morgan fingerprint density at radius 3 is 2.00 bits per heavy atom. The molecule has 0 amide bonds. The first-order valence-electron chi connectivity index (χ1n) is 9.96. The second-order valence-corrected chi connectivity index (χ2v) is 6.92. The summed E-state index contributed by atoms with van der Waals surface area (Å²) in [6.07, 6.45) is 0.966. The third-order valence-corrected chi connectivity index (χ3v) is 4.88. The predicted octanol–water partition coefficient (Wildman–Crippen LogP) is 3.91. The van der Waals surface area contributed by atoms with E-state index in [2.05, 4.69) is 98.9 Å². The van der Waals surface area contributed by atoms with E-state index in [0.717, 1.165) is 18.7 Å². The van der Waals surface area contributed by atoms with Crippen molar-refractivity contribution in [2.24, 2.45) is 0 Å². The van der Waals surface area contributed by atoms with Gasteiger partial charge in [0.2, 0.25) is 0 Å². The highest BCUT2D eigenvalue weighted by atomic mass is 16.5. The van der Waals surface area contributed by atoms with E-state index in [1.807, 2.05) is 7.05 Å². The van der Waals surface area contributed by atoms with Gasteiger partial charge in [-0.2, -0.15) is 0 Å². The molecule has 0 unspecified atom stereocenters. The van der Waals surface area contributed by atoms with Crippen molar-refractivity contribution in [1.82, 2.24) is 5.32 Å². The zero-order valence-corrected chi connectivity index (χ0v) is 17.0. The summed E-state index contributed by atoms with van der Waals surface area (Å²) in [5.74, 6) is 0.903. The van der Waals surface area contributed by atoms with Crippen LogP contribution in [-0.2, 0) is 0 Å². The van der Waals surface area contributed by atoms with Crippen molar-refractivity contribution in [1.29, 1.82) is 0 Å². The minimum Gasteiger partial charge on any atom is -0.492 e. The lowest BCUT2D eigenvalue weighted by molar-refractivity contribution is 0.318. The quantitative estimate of drug-likeness (QED) is 0.369. The molecule has 142 valence electrons. The van der Waals surface area contributed by atoms with Crippen LogP contribution < -0.4 is 15.5 Å². The van der Waals surface area contributed by atoms with Crippen molar-refractivity contribution in [2.45, 2.75) is 13.3 Å². The van der Waals surface area contributed by atoms with Crippen LogP contribution in [0.3, 0.4) is 0 Å². The van der Waals surface area contributed by atoms with Crippen LogP contribution in [-0.4, -0.2) is 28.0 Å². The topological polar surface area (TPSA) is 21.3 Å². The number of hydrogen-bond donors (Lipinski definition) is 1. The van der Waals surface area contributed by atoms with Gasteiger partial charge in [0.25, 0.3) is 0 Å². The number of allylic oxidation sites excluding steroid dienone is 1. The van der Waals surface area contributed by atoms with Crippen LogP contribution in [0.25, 0.3) is 11.1 Å². The summed E-state index contributed by atoms with van der Waals surface area (Å²) in [7, 11) is 4.06. The lowest BCUT2D eigenvalue weighted by Gasteiger charge is -2.17. The summed E-state index contributed by atoms with van der Waals surface area (Å²) < 4.78 is 5.80. The molecule has 0 heterocycles. The van der Waals surface area contributed by atoms with Gasteiger partial charge in [0, 0.05) is 6.54 Å². The first-order chi connectivity index (χ1) is 13.7. The van der Waals surface area contributed by atoms with Crippen LogP contribution in [0, 0.1) is 0 Å². The molecule has 0 spiro atoms. The number of benzene rings is 3. The molecular formula is C25H28BNO.